The Hall–Kier alpha value is -2.64. The van der Waals surface area contributed by atoms with Crippen LogP contribution in [0.15, 0.2) is 48.5 Å². The predicted molar refractivity (Wildman–Crippen MR) is 115 cm³/mol. The minimum atomic E-state index is -0.306. The third-order valence-electron chi connectivity index (χ3n) is 7.76. The smallest absolute Gasteiger partial charge is 0.343 e. The lowest BCUT2D eigenvalue weighted by atomic mass is 9.52. The molecule has 0 aromatic heterocycles. The van der Waals surface area contributed by atoms with Crippen LogP contribution in [-0.2, 0) is 11.8 Å². The van der Waals surface area contributed by atoms with Gasteiger partial charge in [0.05, 0.1) is 17.7 Å². The van der Waals surface area contributed by atoms with Crippen molar-refractivity contribution < 1.29 is 9.53 Å². The zero-order valence-corrected chi connectivity index (χ0v) is 17.5. The molecule has 30 heavy (non-hydrogen) atoms. The van der Waals surface area contributed by atoms with Crippen molar-refractivity contribution in [3.63, 3.8) is 0 Å². The van der Waals surface area contributed by atoms with Gasteiger partial charge in [0.2, 0.25) is 0 Å². The maximum absolute atomic E-state index is 12.6. The topological polar surface area (TPSA) is 53.3 Å². The molecule has 2 aliphatic carbocycles. The minimum Gasteiger partial charge on any atom is -0.423 e. The molecule has 1 aliphatic heterocycles. The standard InChI is InChI=1S/C26H28N2O2/c1-18(17-27)28-14-13-26-12-6-5-9-22(26)24(28)15-20-10-11-21(16-23(20)26)30-25(29)19-7-3-2-4-8-19/h2-4,7-8,10-11,16,18,22,24H,5-6,9,12-15H2,1H3/t18?,22-,24?,26+/m0/s1. The normalized spacial score (nSPS) is 28.5. The van der Waals surface area contributed by atoms with Gasteiger partial charge in [-0.15, -0.1) is 0 Å². The molecule has 2 bridgehead atoms. The molecule has 0 N–H and O–H groups in total. The van der Waals surface area contributed by atoms with Gasteiger partial charge in [0.25, 0.3) is 0 Å². The quantitative estimate of drug-likeness (QED) is 0.544. The van der Waals surface area contributed by atoms with E-state index in [0.29, 0.717) is 23.3 Å². The van der Waals surface area contributed by atoms with Crippen molar-refractivity contribution >= 4 is 5.97 Å². The largest absolute Gasteiger partial charge is 0.423 e. The predicted octanol–water partition coefficient (Wildman–Crippen LogP) is 4.88. The second kappa shape index (κ2) is 7.56. The molecule has 1 heterocycles. The molecule has 4 nitrogen and oxygen atoms in total. The summed E-state index contributed by atoms with van der Waals surface area (Å²) in [6, 6.07) is 18.3. The van der Waals surface area contributed by atoms with Crippen LogP contribution in [0.25, 0.3) is 0 Å². The minimum absolute atomic E-state index is 0.0393. The number of nitriles is 1. The van der Waals surface area contributed by atoms with Gasteiger partial charge < -0.3 is 4.74 Å². The molecular weight excluding hydrogens is 372 g/mol. The van der Waals surface area contributed by atoms with E-state index < -0.39 is 0 Å². The number of carbonyl (C=O) groups excluding carboxylic acids is 1. The van der Waals surface area contributed by atoms with Gasteiger partial charge in [0.15, 0.2) is 0 Å². The average Bonchev–Trinajstić information content (AvgIpc) is 2.79. The molecule has 0 spiro atoms. The summed E-state index contributed by atoms with van der Waals surface area (Å²) < 4.78 is 5.76. The fourth-order valence-corrected chi connectivity index (χ4v) is 6.37. The van der Waals surface area contributed by atoms with E-state index in [1.807, 2.05) is 31.2 Å². The molecule has 154 valence electrons. The van der Waals surface area contributed by atoms with Crippen molar-refractivity contribution in [1.82, 2.24) is 4.90 Å². The van der Waals surface area contributed by atoms with Gasteiger partial charge in [-0.25, -0.2) is 4.79 Å². The van der Waals surface area contributed by atoms with Crippen LogP contribution in [0.4, 0.5) is 0 Å². The van der Waals surface area contributed by atoms with Crippen LogP contribution in [0.3, 0.4) is 0 Å². The lowest BCUT2D eigenvalue weighted by molar-refractivity contribution is -0.0201. The first-order chi connectivity index (χ1) is 14.6. The zero-order valence-electron chi connectivity index (χ0n) is 17.5. The number of benzene rings is 2. The summed E-state index contributed by atoms with van der Waals surface area (Å²) in [6.45, 7) is 3.01. The highest BCUT2D eigenvalue weighted by Gasteiger charge is 2.54. The lowest BCUT2D eigenvalue weighted by Gasteiger charge is -2.59. The highest BCUT2D eigenvalue weighted by atomic mass is 16.5. The zero-order chi connectivity index (χ0) is 20.7. The van der Waals surface area contributed by atoms with Crippen LogP contribution in [0.1, 0.15) is 60.5 Å². The highest BCUT2D eigenvalue weighted by molar-refractivity contribution is 5.91. The van der Waals surface area contributed by atoms with E-state index in [1.165, 1.54) is 36.8 Å². The summed E-state index contributed by atoms with van der Waals surface area (Å²) in [5, 5.41) is 9.55. The molecule has 2 aromatic carbocycles. The Morgan fingerprint density at radius 3 is 2.83 bits per heavy atom. The molecule has 4 atom stereocenters. The second-order valence-electron chi connectivity index (χ2n) is 9.15. The molecule has 0 amide bonds. The van der Waals surface area contributed by atoms with E-state index >= 15 is 0 Å². The Bertz CT molecular complexity index is 996. The Labute approximate surface area is 178 Å². The molecule has 1 saturated carbocycles. The third-order valence-corrected chi connectivity index (χ3v) is 7.76. The molecule has 0 radical (unpaired) electrons. The van der Waals surface area contributed by atoms with Crippen LogP contribution in [0, 0.1) is 17.2 Å². The second-order valence-corrected chi connectivity index (χ2v) is 9.15. The summed E-state index contributed by atoms with van der Waals surface area (Å²) >= 11 is 0. The van der Waals surface area contributed by atoms with Gasteiger partial charge in [-0.3, -0.25) is 4.90 Å². The van der Waals surface area contributed by atoms with Gasteiger partial charge in [-0.05, 0) is 73.9 Å². The molecule has 1 saturated heterocycles. The molecule has 4 heteroatoms. The fraction of sp³-hybridized carbons (Fsp3) is 0.462. The van der Waals surface area contributed by atoms with Crippen molar-refractivity contribution in [3.8, 4) is 11.8 Å². The maximum atomic E-state index is 12.6. The number of hydrogen-bond acceptors (Lipinski definition) is 4. The number of esters is 1. The average molecular weight is 401 g/mol. The van der Waals surface area contributed by atoms with Crippen molar-refractivity contribution in [3.05, 3.63) is 65.2 Å². The summed E-state index contributed by atoms with van der Waals surface area (Å²) in [5.41, 5.74) is 3.50. The Morgan fingerprint density at radius 2 is 2.03 bits per heavy atom. The van der Waals surface area contributed by atoms with Crippen LogP contribution < -0.4 is 4.74 Å². The van der Waals surface area contributed by atoms with E-state index in [1.54, 1.807) is 12.1 Å². The molecular formula is C26H28N2O2. The highest BCUT2D eigenvalue weighted by Crippen LogP contribution is 2.56. The van der Waals surface area contributed by atoms with E-state index in [-0.39, 0.29) is 17.4 Å². The van der Waals surface area contributed by atoms with Gasteiger partial charge in [-0.2, -0.15) is 5.26 Å². The first-order valence-electron chi connectivity index (χ1n) is 11.2. The fourth-order valence-electron chi connectivity index (χ4n) is 6.37. The number of fused-ring (bicyclic) bond motifs is 1. The number of hydrogen-bond donors (Lipinski definition) is 0. The first-order valence-corrected chi connectivity index (χ1v) is 11.2. The number of carbonyl (C=O) groups is 1. The van der Waals surface area contributed by atoms with Gasteiger partial charge in [-0.1, -0.05) is 37.1 Å². The van der Waals surface area contributed by atoms with Crippen LogP contribution >= 0.6 is 0 Å². The van der Waals surface area contributed by atoms with Crippen LogP contribution in [0.2, 0.25) is 0 Å². The Morgan fingerprint density at radius 1 is 1.20 bits per heavy atom. The van der Waals surface area contributed by atoms with E-state index in [4.69, 9.17) is 4.74 Å². The summed E-state index contributed by atoms with van der Waals surface area (Å²) in [4.78, 5) is 15.0. The third kappa shape index (κ3) is 3.04. The molecule has 2 unspecified atom stereocenters. The molecule has 2 aromatic rings. The van der Waals surface area contributed by atoms with Gasteiger partial charge in [0.1, 0.15) is 5.75 Å². The lowest BCUT2D eigenvalue weighted by Crippen LogP contribution is -2.62. The van der Waals surface area contributed by atoms with E-state index in [0.717, 1.165) is 19.4 Å². The number of rotatable bonds is 3. The summed E-state index contributed by atoms with van der Waals surface area (Å²) in [7, 11) is 0. The monoisotopic (exact) mass is 400 g/mol. The molecule has 5 rings (SSSR count). The Balaban J connectivity index is 1.50. The van der Waals surface area contributed by atoms with E-state index in [2.05, 4.69) is 23.1 Å². The summed E-state index contributed by atoms with van der Waals surface area (Å²) in [6.07, 6.45) is 7.03. The summed E-state index contributed by atoms with van der Waals surface area (Å²) in [5.74, 6) is 0.926. The van der Waals surface area contributed by atoms with Crippen molar-refractivity contribution in [2.45, 2.75) is 62.9 Å². The first kappa shape index (κ1) is 19.3. The van der Waals surface area contributed by atoms with Gasteiger partial charge >= 0.3 is 5.97 Å². The molecule has 2 fully saturated rings. The van der Waals surface area contributed by atoms with Crippen molar-refractivity contribution in [1.29, 1.82) is 5.26 Å². The van der Waals surface area contributed by atoms with Crippen LogP contribution in [-0.4, -0.2) is 29.5 Å². The SMILES string of the molecule is CC(C#N)N1CC[C@]23CCCC[C@H]2C1Cc1ccc(OC(=O)c2ccccc2)cc13. The van der Waals surface area contributed by atoms with E-state index in [9.17, 15) is 10.1 Å². The van der Waals surface area contributed by atoms with Crippen molar-refractivity contribution in [2.24, 2.45) is 5.92 Å². The van der Waals surface area contributed by atoms with Gasteiger partial charge in [0, 0.05) is 18.0 Å². The number of nitrogens with zero attached hydrogens (tertiary/aromatic N) is 2. The maximum Gasteiger partial charge on any atom is 0.343 e. The molecule has 3 aliphatic rings. The Kier molecular flexibility index (Phi) is 4.87. The van der Waals surface area contributed by atoms with Crippen LogP contribution in [0.5, 0.6) is 5.75 Å². The van der Waals surface area contributed by atoms with Crippen molar-refractivity contribution in [2.75, 3.05) is 6.54 Å². The number of ether oxygens (including phenoxy) is 1. The number of piperidine rings is 1. The number of likely N-dealkylation sites (tertiary alicyclic amines) is 1.